The number of sulfonamides is 1. The lowest BCUT2D eigenvalue weighted by Crippen LogP contribution is -2.16. The zero-order valence-electron chi connectivity index (χ0n) is 12.6. The summed E-state index contributed by atoms with van der Waals surface area (Å²) >= 11 is 0. The number of rotatable bonds is 3. The Morgan fingerprint density at radius 2 is 1.88 bits per heavy atom. The maximum absolute atomic E-state index is 12.2. The summed E-state index contributed by atoms with van der Waals surface area (Å²) in [6.07, 6.45) is 1.66. The van der Waals surface area contributed by atoms with Gasteiger partial charge in [0.2, 0.25) is 10.0 Å². The summed E-state index contributed by atoms with van der Waals surface area (Å²) in [6.45, 7) is 0. The zero-order valence-corrected chi connectivity index (χ0v) is 13.5. The number of aromatic amines is 1. The van der Waals surface area contributed by atoms with Crippen LogP contribution in [0.3, 0.4) is 0 Å². The van der Waals surface area contributed by atoms with Gasteiger partial charge in [-0.05, 0) is 36.4 Å². The Morgan fingerprint density at radius 3 is 2.60 bits per heavy atom. The number of carbonyl (C=O) groups is 1. The van der Waals surface area contributed by atoms with Crippen LogP contribution in [0.1, 0.15) is 5.56 Å². The number of hydrogen-bond donors (Lipinski definition) is 4. The van der Waals surface area contributed by atoms with Crippen molar-refractivity contribution in [3.05, 3.63) is 48.2 Å². The van der Waals surface area contributed by atoms with E-state index in [1.54, 1.807) is 12.3 Å². The summed E-state index contributed by atoms with van der Waals surface area (Å²) in [6, 6.07) is 9.36. The molecular weight excluding hydrogens is 344 g/mol. The molecular formula is C15H12N6O3S. The van der Waals surface area contributed by atoms with Gasteiger partial charge < -0.3 is 5.32 Å². The number of H-pyrrole nitrogens is 1. The molecule has 1 amide bonds. The molecule has 0 fully saturated rings. The van der Waals surface area contributed by atoms with Crippen LogP contribution in [0.2, 0.25) is 0 Å². The summed E-state index contributed by atoms with van der Waals surface area (Å²) in [5, 5.41) is 19.7. The number of carbonyl (C=O) groups excluding carboxylic acids is 1. The van der Waals surface area contributed by atoms with Crippen LogP contribution in [0.15, 0.2) is 52.6 Å². The zero-order chi connectivity index (χ0) is 17.6. The molecule has 25 heavy (non-hydrogen) atoms. The molecule has 4 rings (SSSR count). The van der Waals surface area contributed by atoms with E-state index in [-0.39, 0.29) is 16.5 Å². The maximum Gasteiger partial charge on any atom is 0.276 e. The van der Waals surface area contributed by atoms with Gasteiger partial charge in [-0.1, -0.05) is 0 Å². The fraction of sp³-hybridized carbons (Fsp3) is 0. The van der Waals surface area contributed by atoms with Crippen LogP contribution in [0.5, 0.6) is 0 Å². The van der Waals surface area contributed by atoms with Crippen molar-refractivity contribution < 1.29 is 13.2 Å². The summed E-state index contributed by atoms with van der Waals surface area (Å²) in [4.78, 5) is 12.2. The minimum Gasteiger partial charge on any atom is -0.320 e. The number of aromatic nitrogens is 2. The molecule has 3 aromatic rings. The second kappa shape index (κ2) is 5.40. The third kappa shape index (κ3) is 2.62. The largest absolute Gasteiger partial charge is 0.320 e. The molecule has 126 valence electrons. The molecule has 0 radical (unpaired) electrons. The van der Waals surface area contributed by atoms with Gasteiger partial charge in [0.1, 0.15) is 0 Å². The lowest BCUT2D eigenvalue weighted by atomic mass is 10.1. The first-order valence-electron chi connectivity index (χ1n) is 7.18. The summed E-state index contributed by atoms with van der Waals surface area (Å²) < 4.78 is 22.5. The minimum atomic E-state index is -3.76. The number of hydrogen-bond acceptors (Lipinski definition) is 6. The minimum absolute atomic E-state index is 0.00572. The average molecular weight is 356 g/mol. The number of nitrogens with one attached hydrogen (secondary N) is 3. The van der Waals surface area contributed by atoms with E-state index in [1.807, 2.05) is 6.07 Å². The van der Waals surface area contributed by atoms with Crippen LogP contribution < -0.4 is 15.9 Å². The smallest absolute Gasteiger partial charge is 0.276 e. The number of fused-ring (bicyclic) bond motifs is 3. The van der Waals surface area contributed by atoms with E-state index in [9.17, 15) is 13.2 Å². The van der Waals surface area contributed by atoms with Crippen LogP contribution in [0, 0.1) is 0 Å². The van der Waals surface area contributed by atoms with E-state index in [2.05, 4.69) is 26.0 Å². The van der Waals surface area contributed by atoms with Crippen molar-refractivity contribution in [2.75, 3.05) is 10.7 Å². The highest BCUT2D eigenvalue weighted by Gasteiger charge is 2.29. The van der Waals surface area contributed by atoms with E-state index in [0.717, 1.165) is 5.39 Å². The first kappa shape index (κ1) is 15.3. The maximum atomic E-state index is 12.2. The van der Waals surface area contributed by atoms with E-state index in [1.165, 1.54) is 24.3 Å². The van der Waals surface area contributed by atoms with E-state index in [0.29, 0.717) is 22.5 Å². The highest BCUT2D eigenvalue weighted by molar-refractivity contribution is 7.89. The normalized spacial score (nSPS) is 15.4. The molecule has 0 unspecified atom stereocenters. The second-order valence-corrected chi connectivity index (χ2v) is 6.98. The van der Waals surface area contributed by atoms with E-state index >= 15 is 0 Å². The van der Waals surface area contributed by atoms with E-state index in [4.69, 9.17) is 5.14 Å². The van der Waals surface area contributed by atoms with Crippen molar-refractivity contribution in [1.29, 1.82) is 0 Å². The number of primary sulfonamides is 1. The standard InChI is InChI=1S/C15H12N6O3S/c16-25(23,24)10-4-2-9(3-5-10)19-21-14-12-11(18-15(14)22)6-1-8-7-17-20-13(8)12/h1-7,19H,(H,17,20)(H2,16,23,24)(H,18,21,22). The summed E-state index contributed by atoms with van der Waals surface area (Å²) in [5.74, 6) is -0.342. The number of anilines is 2. The van der Waals surface area contributed by atoms with Gasteiger partial charge >= 0.3 is 0 Å². The van der Waals surface area contributed by atoms with Gasteiger partial charge in [-0.15, -0.1) is 0 Å². The molecule has 1 aliphatic rings. The Labute approximate surface area is 142 Å². The van der Waals surface area contributed by atoms with Crippen molar-refractivity contribution in [3.63, 3.8) is 0 Å². The number of nitrogens with zero attached hydrogens (tertiary/aromatic N) is 2. The molecule has 0 spiro atoms. The van der Waals surface area contributed by atoms with Gasteiger partial charge in [0, 0.05) is 5.39 Å². The molecule has 0 atom stereocenters. The molecule has 1 aromatic heterocycles. The third-order valence-corrected chi connectivity index (χ3v) is 4.73. The molecule has 2 heterocycles. The Balaban J connectivity index is 1.69. The third-order valence-electron chi connectivity index (χ3n) is 3.80. The average Bonchev–Trinajstić information content (AvgIpc) is 3.15. The Morgan fingerprint density at radius 1 is 1.12 bits per heavy atom. The fourth-order valence-electron chi connectivity index (χ4n) is 2.60. The van der Waals surface area contributed by atoms with Gasteiger partial charge in [0.15, 0.2) is 5.71 Å². The predicted octanol–water partition coefficient (Wildman–Crippen LogP) is 0.979. The number of benzene rings is 2. The highest BCUT2D eigenvalue weighted by Crippen LogP contribution is 2.30. The molecule has 0 saturated heterocycles. The number of amides is 1. The van der Waals surface area contributed by atoms with Gasteiger partial charge in [0.05, 0.1) is 33.5 Å². The topological polar surface area (TPSA) is 142 Å². The van der Waals surface area contributed by atoms with E-state index < -0.39 is 10.0 Å². The van der Waals surface area contributed by atoms with Crippen molar-refractivity contribution in [1.82, 2.24) is 10.2 Å². The summed E-state index contributed by atoms with van der Waals surface area (Å²) in [5.41, 5.74) is 5.46. The molecule has 0 saturated carbocycles. The van der Waals surface area contributed by atoms with Crippen molar-refractivity contribution in [2.45, 2.75) is 4.90 Å². The van der Waals surface area contributed by atoms with Crippen LogP contribution in [0.4, 0.5) is 11.4 Å². The van der Waals surface area contributed by atoms with Crippen molar-refractivity contribution in [3.8, 4) is 0 Å². The first-order valence-corrected chi connectivity index (χ1v) is 8.72. The molecule has 0 bridgehead atoms. The van der Waals surface area contributed by atoms with Gasteiger partial charge in [0.25, 0.3) is 5.91 Å². The van der Waals surface area contributed by atoms with Crippen molar-refractivity contribution >= 4 is 43.9 Å². The Bertz CT molecular complexity index is 1130. The predicted molar refractivity (Wildman–Crippen MR) is 92.7 cm³/mol. The van der Waals surface area contributed by atoms with Crippen molar-refractivity contribution in [2.24, 2.45) is 10.2 Å². The first-order chi connectivity index (χ1) is 11.9. The van der Waals surface area contributed by atoms with Gasteiger partial charge in [-0.3, -0.25) is 15.3 Å². The molecule has 1 aliphatic heterocycles. The molecule has 10 heteroatoms. The Hall–Kier alpha value is -3.24. The van der Waals surface area contributed by atoms with Gasteiger partial charge in [-0.25, -0.2) is 13.6 Å². The molecule has 5 N–H and O–H groups in total. The number of hydrazone groups is 1. The molecule has 2 aromatic carbocycles. The van der Waals surface area contributed by atoms with Crippen LogP contribution in [-0.4, -0.2) is 30.2 Å². The van der Waals surface area contributed by atoms with Crippen LogP contribution in [-0.2, 0) is 14.8 Å². The lowest BCUT2D eigenvalue weighted by Gasteiger charge is -2.04. The second-order valence-electron chi connectivity index (χ2n) is 5.42. The molecule has 9 nitrogen and oxygen atoms in total. The number of nitrogens with two attached hydrogens (primary N) is 1. The highest BCUT2D eigenvalue weighted by atomic mass is 32.2. The lowest BCUT2D eigenvalue weighted by molar-refractivity contribution is -0.110. The van der Waals surface area contributed by atoms with Gasteiger partial charge in [-0.2, -0.15) is 10.2 Å². The van der Waals surface area contributed by atoms with Crippen LogP contribution in [0.25, 0.3) is 10.9 Å². The molecule has 0 aliphatic carbocycles. The fourth-order valence-corrected chi connectivity index (χ4v) is 3.12. The Kier molecular flexibility index (Phi) is 3.30. The van der Waals surface area contributed by atoms with Crippen LogP contribution >= 0.6 is 0 Å². The monoisotopic (exact) mass is 356 g/mol. The summed E-state index contributed by atoms with van der Waals surface area (Å²) in [7, 11) is -3.76. The SMILES string of the molecule is NS(=O)(=O)c1ccc(N/N=C2/C(=O)Nc3ccc4cn[nH]c4c32)cc1. The quantitative estimate of drug-likeness (QED) is 0.517.